The van der Waals surface area contributed by atoms with Crippen molar-refractivity contribution in [3.8, 4) is 11.5 Å². The molecule has 2 aromatic rings. The van der Waals surface area contributed by atoms with Gasteiger partial charge in [0.1, 0.15) is 18.1 Å². The van der Waals surface area contributed by atoms with Crippen LogP contribution in [0.1, 0.15) is 26.3 Å². The molecule has 0 amide bonds. The van der Waals surface area contributed by atoms with Crippen LogP contribution < -0.4 is 4.74 Å². The molecule has 0 saturated carbocycles. The van der Waals surface area contributed by atoms with Gasteiger partial charge in [0, 0.05) is 38.8 Å². The van der Waals surface area contributed by atoms with Crippen molar-refractivity contribution in [2.75, 3.05) is 0 Å². The van der Waals surface area contributed by atoms with E-state index in [1.807, 2.05) is 0 Å². The maximum Gasteiger partial charge on any atom is 0.335 e. The van der Waals surface area contributed by atoms with Crippen LogP contribution in [0.5, 0.6) is 11.5 Å². The van der Waals surface area contributed by atoms with Gasteiger partial charge in [-0.2, -0.15) is 0 Å². The SMILES string of the molecule is O=Cc1ccc(OCc2ccc(C(=O)O)cc2)cc1O.[Y]. The first-order chi connectivity index (χ1) is 9.60. The van der Waals surface area contributed by atoms with Crippen LogP contribution in [-0.4, -0.2) is 22.5 Å². The number of aromatic carboxylic acids is 1. The Morgan fingerprint density at radius 1 is 1.14 bits per heavy atom. The van der Waals surface area contributed by atoms with E-state index in [9.17, 15) is 14.7 Å². The first-order valence-corrected chi connectivity index (χ1v) is 5.83. The number of carboxylic acid groups (broad SMARTS) is 1. The van der Waals surface area contributed by atoms with Gasteiger partial charge in [0.05, 0.1) is 11.1 Å². The van der Waals surface area contributed by atoms with Gasteiger partial charge in [0.25, 0.3) is 0 Å². The van der Waals surface area contributed by atoms with Gasteiger partial charge < -0.3 is 14.9 Å². The van der Waals surface area contributed by atoms with E-state index in [2.05, 4.69) is 0 Å². The molecule has 5 nitrogen and oxygen atoms in total. The molecule has 1 radical (unpaired) electrons. The van der Waals surface area contributed by atoms with E-state index in [1.165, 1.54) is 24.3 Å². The van der Waals surface area contributed by atoms with Crippen molar-refractivity contribution in [2.24, 2.45) is 0 Å². The molecule has 0 aliphatic rings. The minimum absolute atomic E-state index is 0. The van der Waals surface area contributed by atoms with Crippen LogP contribution in [0.25, 0.3) is 0 Å². The Hall–Kier alpha value is -1.72. The van der Waals surface area contributed by atoms with Crippen LogP contribution in [0.3, 0.4) is 0 Å². The van der Waals surface area contributed by atoms with E-state index in [-0.39, 0.29) is 56.2 Å². The molecular weight excluding hydrogens is 349 g/mol. The number of phenolic OH excluding ortho intramolecular Hbond substituents is 1. The molecule has 0 unspecified atom stereocenters. The Bertz CT molecular complexity index is 637. The van der Waals surface area contributed by atoms with E-state index in [4.69, 9.17) is 9.84 Å². The Morgan fingerprint density at radius 3 is 2.33 bits per heavy atom. The first-order valence-electron chi connectivity index (χ1n) is 5.83. The number of carbonyl (C=O) groups is 2. The molecule has 0 aliphatic carbocycles. The number of aldehydes is 1. The van der Waals surface area contributed by atoms with Crippen molar-refractivity contribution < 1.29 is 57.2 Å². The summed E-state index contributed by atoms with van der Waals surface area (Å²) in [4.78, 5) is 21.3. The number of carbonyl (C=O) groups excluding carboxylic acids is 1. The van der Waals surface area contributed by atoms with Crippen molar-refractivity contribution in [3.63, 3.8) is 0 Å². The van der Waals surface area contributed by atoms with Crippen molar-refractivity contribution in [2.45, 2.75) is 6.61 Å². The number of benzene rings is 2. The van der Waals surface area contributed by atoms with Gasteiger partial charge in [0.15, 0.2) is 6.29 Å². The topological polar surface area (TPSA) is 83.8 Å². The summed E-state index contributed by atoms with van der Waals surface area (Å²) in [6.45, 7) is 0.236. The molecule has 21 heavy (non-hydrogen) atoms. The summed E-state index contributed by atoms with van der Waals surface area (Å²) < 4.78 is 5.45. The van der Waals surface area contributed by atoms with Crippen molar-refractivity contribution in [3.05, 3.63) is 59.2 Å². The van der Waals surface area contributed by atoms with Gasteiger partial charge in [-0.15, -0.1) is 0 Å². The third-order valence-electron chi connectivity index (χ3n) is 2.74. The summed E-state index contributed by atoms with van der Waals surface area (Å²) in [6, 6.07) is 10.7. The molecule has 0 saturated heterocycles. The van der Waals surface area contributed by atoms with Gasteiger partial charge in [0.2, 0.25) is 0 Å². The maximum atomic E-state index is 10.7. The normalized spacial score (nSPS) is 9.52. The maximum absolute atomic E-state index is 10.7. The van der Waals surface area contributed by atoms with Crippen molar-refractivity contribution in [1.29, 1.82) is 0 Å². The summed E-state index contributed by atoms with van der Waals surface area (Å²) >= 11 is 0. The Morgan fingerprint density at radius 2 is 1.81 bits per heavy atom. The van der Waals surface area contributed by atoms with Gasteiger partial charge in [-0.05, 0) is 29.8 Å². The minimum atomic E-state index is -0.980. The molecule has 2 rings (SSSR count). The second-order valence-corrected chi connectivity index (χ2v) is 4.13. The van der Waals surface area contributed by atoms with E-state index in [0.717, 1.165) is 5.56 Å². The largest absolute Gasteiger partial charge is 0.507 e. The molecule has 0 atom stereocenters. The fourth-order valence-corrected chi connectivity index (χ4v) is 1.62. The van der Waals surface area contributed by atoms with E-state index >= 15 is 0 Å². The number of hydrogen-bond donors (Lipinski definition) is 2. The zero-order valence-corrected chi connectivity index (χ0v) is 13.9. The summed E-state index contributed by atoms with van der Waals surface area (Å²) in [5.41, 5.74) is 1.21. The summed E-state index contributed by atoms with van der Waals surface area (Å²) in [7, 11) is 0. The minimum Gasteiger partial charge on any atom is -0.507 e. The van der Waals surface area contributed by atoms with E-state index in [1.54, 1.807) is 18.2 Å². The number of rotatable bonds is 5. The van der Waals surface area contributed by atoms with Gasteiger partial charge >= 0.3 is 5.97 Å². The van der Waals surface area contributed by atoms with Crippen LogP contribution in [0, 0.1) is 0 Å². The quantitative estimate of drug-likeness (QED) is 0.800. The average molecular weight is 361 g/mol. The molecular formula is C15H12O5Y. The smallest absolute Gasteiger partial charge is 0.335 e. The standard InChI is InChI=1S/C15H12O5.Y/c16-8-12-5-6-13(7-14(12)17)20-9-10-1-3-11(4-2-10)15(18)19;/h1-8,17H,9H2,(H,18,19);. The van der Waals surface area contributed by atoms with Crippen LogP contribution in [-0.2, 0) is 39.3 Å². The number of ether oxygens (including phenoxy) is 1. The molecule has 0 spiro atoms. The fraction of sp³-hybridized carbons (Fsp3) is 0.0667. The Labute approximate surface area is 146 Å². The van der Waals surface area contributed by atoms with E-state index < -0.39 is 5.97 Å². The van der Waals surface area contributed by atoms with Gasteiger partial charge in [-0.1, -0.05) is 12.1 Å². The monoisotopic (exact) mass is 361 g/mol. The molecule has 6 heteroatoms. The predicted molar refractivity (Wildman–Crippen MR) is 71.2 cm³/mol. The first kappa shape index (κ1) is 17.3. The third-order valence-corrected chi connectivity index (χ3v) is 2.74. The molecule has 0 aromatic heterocycles. The zero-order chi connectivity index (χ0) is 14.5. The Kier molecular flexibility index (Phi) is 6.53. The summed E-state index contributed by atoms with van der Waals surface area (Å²) in [5.74, 6) is -0.694. The van der Waals surface area contributed by atoms with Gasteiger partial charge in [-0.3, -0.25) is 4.79 Å². The van der Waals surface area contributed by atoms with Crippen molar-refractivity contribution >= 4 is 12.3 Å². The molecule has 2 aromatic carbocycles. The molecule has 0 aliphatic heterocycles. The van der Waals surface area contributed by atoms with Crippen LogP contribution in [0.15, 0.2) is 42.5 Å². The molecule has 2 N–H and O–H groups in total. The number of aromatic hydroxyl groups is 1. The molecule has 0 fully saturated rings. The summed E-state index contributed by atoms with van der Waals surface area (Å²) in [5, 5.41) is 18.3. The molecule has 105 valence electrons. The van der Waals surface area contributed by atoms with Crippen LogP contribution in [0.4, 0.5) is 0 Å². The summed E-state index contributed by atoms with van der Waals surface area (Å²) in [6.07, 6.45) is 0.559. The number of carboxylic acids is 1. The van der Waals surface area contributed by atoms with Gasteiger partial charge in [-0.25, -0.2) is 4.79 Å². The molecule has 0 heterocycles. The third kappa shape index (κ3) is 4.65. The zero-order valence-electron chi connectivity index (χ0n) is 11.0. The van der Waals surface area contributed by atoms with E-state index in [0.29, 0.717) is 12.0 Å². The number of hydrogen-bond acceptors (Lipinski definition) is 4. The van der Waals surface area contributed by atoms with Crippen LogP contribution >= 0.6 is 0 Å². The number of phenols is 1. The fourth-order valence-electron chi connectivity index (χ4n) is 1.62. The Balaban J connectivity index is 0.00000220. The average Bonchev–Trinajstić information content (AvgIpc) is 2.45. The second-order valence-electron chi connectivity index (χ2n) is 4.13. The predicted octanol–water partition coefficient (Wildman–Crippen LogP) is 2.48. The second kappa shape index (κ2) is 7.91. The van der Waals surface area contributed by atoms with Crippen LogP contribution in [0.2, 0.25) is 0 Å². The van der Waals surface area contributed by atoms with Crippen molar-refractivity contribution in [1.82, 2.24) is 0 Å². The molecule has 0 bridgehead atoms.